The van der Waals surface area contributed by atoms with Gasteiger partial charge in [0.25, 0.3) is 17.5 Å². The highest BCUT2D eigenvalue weighted by molar-refractivity contribution is 5.99. The van der Waals surface area contributed by atoms with E-state index >= 15 is 0 Å². The Morgan fingerprint density at radius 2 is 1.92 bits per heavy atom. The largest absolute Gasteiger partial charge is 0.342 e. The minimum Gasteiger partial charge on any atom is -0.342 e. The van der Waals surface area contributed by atoms with Crippen LogP contribution in [0.1, 0.15) is 23.0 Å². The lowest BCUT2D eigenvalue weighted by Gasteiger charge is -2.05. The van der Waals surface area contributed by atoms with Gasteiger partial charge in [0.05, 0.1) is 17.2 Å². The summed E-state index contributed by atoms with van der Waals surface area (Å²) in [5, 5.41) is 16.9. The quantitative estimate of drug-likeness (QED) is 0.464. The molecule has 25 heavy (non-hydrogen) atoms. The maximum atomic E-state index is 11.8. The zero-order valence-corrected chi connectivity index (χ0v) is 13.3. The molecule has 9 heteroatoms. The summed E-state index contributed by atoms with van der Waals surface area (Å²) >= 11 is 0. The van der Waals surface area contributed by atoms with E-state index in [1.165, 1.54) is 36.5 Å². The monoisotopic (exact) mass is 341 g/mol. The van der Waals surface area contributed by atoms with E-state index in [1.54, 1.807) is 19.1 Å². The summed E-state index contributed by atoms with van der Waals surface area (Å²) in [6, 6.07) is 10.6. The van der Waals surface area contributed by atoms with Crippen molar-refractivity contribution in [1.29, 1.82) is 0 Å². The number of non-ortho nitro benzene ring substituents is 1. The zero-order chi connectivity index (χ0) is 18.2. The highest BCUT2D eigenvalue weighted by Crippen LogP contribution is 2.12. The molecule has 0 saturated heterocycles. The Bertz CT molecular complexity index is 803. The third-order valence-corrected chi connectivity index (χ3v) is 3.15. The summed E-state index contributed by atoms with van der Waals surface area (Å²) in [7, 11) is 0. The van der Waals surface area contributed by atoms with Crippen LogP contribution in [-0.4, -0.2) is 34.0 Å². The van der Waals surface area contributed by atoms with Gasteiger partial charge in [0.1, 0.15) is 5.69 Å². The fourth-order valence-electron chi connectivity index (χ4n) is 1.82. The second kappa shape index (κ2) is 8.29. The number of nitrogens with zero attached hydrogens (tertiary/aromatic N) is 3. The number of pyridine rings is 1. The van der Waals surface area contributed by atoms with Crippen molar-refractivity contribution in [3.05, 3.63) is 70.0 Å². The van der Waals surface area contributed by atoms with Gasteiger partial charge < -0.3 is 5.32 Å². The number of amides is 2. The maximum absolute atomic E-state index is 11.8. The number of nitro benzene ring substituents is 1. The molecule has 0 bridgehead atoms. The van der Waals surface area contributed by atoms with Crippen LogP contribution >= 0.6 is 0 Å². The Kier molecular flexibility index (Phi) is 5.88. The minimum atomic E-state index is -0.509. The molecule has 0 atom stereocenters. The van der Waals surface area contributed by atoms with Gasteiger partial charge in [-0.15, -0.1) is 0 Å². The number of carbonyl (C=O) groups is 2. The van der Waals surface area contributed by atoms with Gasteiger partial charge >= 0.3 is 0 Å². The number of hydrogen-bond donors (Lipinski definition) is 2. The van der Waals surface area contributed by atoms with E-state index in [0.717, 1.165) is 0 Å². The van der Waals surface area contributed by atoms with E-state index in [9.17, 15) is 19.7 Å². The molecule has 0 saturated carbocycles. The third kappa shape index (κ3) is 5.20. The zero-order valence-electron chi connectivity index (χ0n) is 13.3. The molecule has 0 fully saturated rings. The van der Waals surface area contributed by atoms with Crippen molar-refractivity contribution in [2.75, 3.05) is 6.54 Å². The molecule has 0 aliphatic carbocycles. The number of aromatic nitrogens is 1. The van der Waals surface area contributed by atoms with Gasteiger partial charge in [-0.25, -0.2) is 5.43 Å². The highest BCUT2D eigenvalue weighted by atomic mass is 16.6. The topological polar surface area (TPSA) is 127 Å². The molecule has 2 N–H and O–H groups in total. The average Bonchev–Trinajstić information content (AvgIpc) is 2.64. The van der Waals surface area contributed by atoms with Gasteiger partial charge in [-0.1, -0.05) is 6.07 Å². The fourth-order valence-corrected chi connectivity index (χ4v) is 1.82. The molecule has 0 unspecified atom stereocenters. The summed E-state index contributed by atoms with van der Waals surface area (Å²) in [4.78, 5) is 37.4. The molecule has 9 nitrogen and oxygen atoms in total. The predicted octanol–water partition coefficient (Wildman–Crippen LogP) is 1.26. The molecule has 2 aromatic rings. The van der Waals surface area contributed by atoms with Crippen molar-refractivity contribution >= 4 is 23.2 Å². The lowest BCUT2D eigenvalue weighted by atomic mass is 10.1. The summed E-state index contributed by atoms with van der Waals surface area (Å²) in [6.45, 7) is 1.39. The summed E-state index contributed by atoms with van der Waals surface area (Å²) in [5.41, 5.74) is 3.58. The molecule has 1 aromatic heterocycles. The standard InChI is InChI=1S/C16H15N5O4/c1-11(12-5-7-13(8-6-12)21(24)25)19-20-15(22)10-18-16(23)14-4-2-3-9-17-14/h2-9H,10H2,1H3,(H,18,23)(H,20,22). The lowest BCUT2D eigenvalue weighted by Crippen LogP contribution is -2.35. The van der Waals surface area contributed by atoms with Gasteiger partial charge in [-0.05, 0) is 36.8 Å². The first kappa shape index (κ1) is 17.7. The first-order chi connectivity index (χ1) is 12.0. The molecule has 2 amide bonds. The SMILES string of the molecule is CC(=NNC(=O)CNC(=O)c1ccccn1)c1ccc([N+](=O)[O-])cc1. The van der Waals surface area contributed by atoms with Crippen LogP contribution in [0, 0.1) is 10.1 Å². The van der Waals surface area contributed by atoms with Crippen molar-refractivity contribution < 1.29 is 14.5 Å². The summed E-state index contributed by atoms with van der Waals surface area (Å²) < 4.78 is 0. The Morgan fingerprint density at radius 3 is 2.52 bits per heavy atom. The normalized spacial score (nSPS) is 10.8. The average molecular weight is 341 g/mol. The van der Waals surface area contributed by atoms with Crippen molar-refractivity contribution in [3.8, 4) is 0 Å². The maximum Gasteiger partial charge on any atom is 0.270 e. The third-order valence-electron chi connectivity index (χ3n) is 3.15. The van der Waals surface area contributed by atoms with Crippen LogP contribution in [0.4, 0.5) is 5.69 Å². The molecular weight excluding hydrogens is 326 g/mol. The van der Waals surface area contributed by atoms with Gasteiger partial charge in [-0.3, -0.25) is 24.7 Å². The number of hydrogen-bond acceptors (Lipinski definition) is 6. The Morgan fingerprint density at radius 1 is 1.20 bits per heavy atom. The minimum absolute atomic E-state index is 0.0298. The molecule has 1 heterocycles. The van der Waals surface area contributed by atoms with Crippen molar-refractivity contribution in [2.24, 2.45) is 5.10 Å². The Labute approximate surface area is 142 Å². The highest BCUT2D eigenvalue weighted by Gasteiger charge is 2.09. The molecule has 0 radical (unpaired) electrons. The molecule has 2 rings (SSSR count). The Balaban J connectivity index is 1.86. The molecule has 0 aliphatic heterocycles. The van der Waals surface area contributed by atoms with Crippen LogP contribution in [0.15, 0.2) is 53.8 Å². The molecule has 1 aromatic carbocycles. The van der Waals surface area contributed by atoms with Gasteiger partial charge in [0.2, 0.25) is 0 Å². The predicted molar refractivity (Wildman–Crippen MR) is 90.0 cm³/mol. The fraction of sp³-hybridized carbons (Fsp3) is 0.125. The van der Waals surface area contributed by atoms with Crippen molar-refractivity contribution in [1.82, 2.24) is 15.7 Å². The molecular formula is C16H15N5O4. The number of nitrogens with one attached hydrogen (secondary N) is 2. The van der Waals surface area contributed by atoms with Gasteiger partial charge in [0.15, 0.2) is 0 Å². The second-order valence-corrected chi connectivity index (χ2v) is 4.93. The van der Waals surface area contributed by atoms with Crippen molar-refractivity contribution in [3.63, 3.8) is 0 Å². The van der Waals surface area contributed by atoms with Gasteiger partial charge in [0, 0.05) is 18.3 Å². The first-order valence-electron chi connectivity index (χ1n) is 7.24. The van der Waals surface area contributed by atoms with E-state index in [4.69, 9.17) is 0 Å². The van der Waals surface area contributed by atoms with Crippen LogP contribution in [0.25, 0.3) is 0 Å². The number of carbonyl (C=O) groups excluding carboxylic acids is 2. The first-order valence-corrected chi connectivity index (χ1v) is 7.24. The molecule has 128 valence electrons. The van der Waals surface area contributed by atoms with Crippen LogP contribution < -0.4 is 10.7 Å². The number of rotatable bonds is 6. The second-order valence-electron chi connectivity index (χ2n) is 4.93. The van der Waals surface area contributed by atoms with E-state index in [0.29, 0.717) is 11.3 Å². The van der Waals surface area contributed by atoms with E-state index in [-0.39, 0.29) is 17.9 Å². The van der Waals surface area contributed by atoms with E-state index in [2.05, 4.69) is 20.8 Å². The van der Waals surface area contributed by atoms with Crippen LogP contribution in [0.5, 0.6) is 0 Å². The summed E-state index contributed by atoms with van der Waals surface area (Å²) in [5.74, 6) is -0.975. The van der Waals surface area contributed by atoms with E-state index < -0.39 is 16.7 Å². The lowest BCUT2D eigenvalue weighted by molar-refractivity contribution is -0.384. The summed E-state index contributed by atoms with van der Waals surface area (Å²) in [6.07, 6.45) is 1.48. The molecule has 0 spiro atoms. The van der Waals surface area contributed by atoms with E-state index in [1.807, 2.05) is 0 Å². The van der Waals surface area contributed by atoms with Crippen molar-refractivity contribution in [2.45, 2.75) is 6.92 Å². The number of nitro groups is 1. The smallest absolute Gasteiger partial charge is 0.270 e. The molecule has 0 aliphatic rings. The Hall–Kier alpha value is -3.62. The number of benzene rings is 1. The van der Waals surface area contributed by atoms with Gasteiger partial charge in [-0.2, -0.15) is 5.10 Å². The van der Waals surface area contributed by atoms with Crippen LogP contribution in [-0.2, 0) is 4.79 Å². The van der Waals surface area contributed by atoms with Crippen LogP contribution in [0.3, 0.4) is 0 Å². The van der Waals surface area contributed by atoms with Crippen LogP contribution in [0.2, 0.25) is 0 Å². The number of hydrazone groups is 1.